The highest BCUT2D eigenvalue weighted by Crippen LogP contribution is 2.13. The largest absolute Gasteiger partial charge is 0.386 e. The van der Waals surface area contributed by atoms with Crippen LogP contribution in [0, 0.1) is 0 Å². The first-order valence-electron chi connectivity index (χ1n) is 10.2. The summed E-state index contributed by atoms with van der Waals surface area (Å²) in [6.45, 7) is 7.21. The first-order valence-corrected chi connectivity index (χ1v) is 10.2. The maximum absolute atomic E-state index is 11.5. The second kappa shape index (κ2) is 17.4. The highest BCUT2D eigenvalue weighted by molar-refractivity contribution is 5.98. The second-order valence-corrected chi connectivity index (χ2v) is 6.83. The van der Waals surface area contributed by atoms with E-state index in [1.807, 2.05) is 6.08 Å². The first-order chi connectivity index (χ1) is 12.1. The molecule has 3 heteroatoms. The van der Waals surface area contributed by atoms with Gasteiger partial charge in [0.25, 0.3) is 0 Å². The van der Waals surface area contributed by atoms with Crippen molar-refractivity contribution in [3.8, 4) is 0 Å². The van der Waals surface area contributed by atoms with Crippen molar-refractivity contribution >= 4 is 11.9 Å². The molecule has 0 spiro atoms. The number of hydrogen-bond acceptors (Lipinski definition) is 3. The minimum atomic E-state index is -0.696. The summed E-state index contributed by atoms with van der Waals surface area (Å²) in [5.74, 6) is -1.27. The summed E-state index contributed by atoms with van der Waals surface area (Å²) in [5.41, 5.74) is 0.495. The highest BCUT2D eigenvalue weighted by Gasteiger charge is 2.08. The number of hydrogen-bond donors (Lipinski definition) is 0. The monoisotopic (exact) mass is 350 g/mol. The maximum atomic E-state index is 11.5. The predicted octanol–water partition coefficient (Wildman–Crippen LogP) is 6.67. The lowest BCUT2D eigenvalue weighted by atomic mass is 10.0. The minimum absolute atomic E-state index is 0.495. The Morgan fingerprint density at radius 2 is 1.24 bits per heavy atom. The quantitative estimate of drug-likeness (QED) is 0.135. The van der Waals surface area contributed by atoms with Gasteiger partial charge in [-0.1, -0.05) is 96.6 Å². The molecular formula is C22H38O3. The van der Waals surface area contributed by atoms with E-state index in [4.69, 9.17) is 0 Å². The fraction of sp³-hybridized carbons (Fsp3) is 0.727. The molecule has 0 aliphatic heterocycles. The number of allylic oxidation sites excluding steroid dienone is 1. The van der Waals surface area contributed by atoms with Crippen molar-refractivity contribution < 1.29 is 14.3 Å². The van der Waals surface area contributed by atoms with E-state index < -0.39 is 11.9 Å². The lowest BCUT2D eigenvalue weighted by Gasteiger charge is -2.03. The van der Waals surface area contributed by atoms with Crippen LogP contribution in [-0.2, 0) is 14.3 Å². The van der Waals surface area contributed by atoms with Crippen molar-refractivity contribution in [1.29, 1.82) is 0 Å². The minimum Gasteiger partial charge on any atom is -0.386 e. The van der Waals surface area contributed by atoms with Gasteiger partial charge in [-0.05, 0) is 19.8 Å². The van der Waals surface area contributed by atoms with E-state index in [-0.39, 0.29) is 0 Å². The third-order valence-electron chi connectivity index (χ3n) is 4.44. The zero-order valence-electron chi connectivity index (χ0n) is 16.5. The van der Waals surface area contributed by atoms with Crippen molar-refractivity contribution in [3.63, 3.8) is 0 Å². The normalized spacial score (nSPS) is 11.4. The zero-order chi connectivity index (χ0) is 18.8. The topological polar surface area (TPSA) is 43.4 Å². The van der Waals surface area contributed by atoms with Gasteiger partial charge < -0.3 is 4.74 Å². The number of ether oxygens (including phenoxy) is 1. The Balaban J connectivity index is 3.40. The summed E-state index contributed by atoms with van der Waals surface area (Å²) in [5, 5.41) is 0. The van der Waals surface area contributed by atoms with Gasteiger partial charge in [-0.25, -0.2) is 9.59 Å². The van der Waals surface area contributed by atoms with Gasteiger partial charge in [0.2, 0.25) is 0 Å². The van der Waals surface area contributed by atoms with Crippen LogP contribution in [0.5, 0.6) is 0 Å². The van der Waals surface area contributed by atoms with Crippen LogP contribution in [0.1, 0.15) is 104 Å². The lowest BCUT2D eigenvalue weighted by Crippen LogP contribution is -2.10. The number of unbranched alkanes of at least 4 members (excludes halogenated alkanes) is 13. The van der Waals surface area contributed by atoms with E-state index in [1.165, 1.54) is 77.0 Å². The van der Waals surface area contributed by atoms with Gasteiger partial charge in [0.05, 0.1) is 0 Å². The summed E-state index contributed by atoms with van der Waals surface area (Å²) in [4.78, 5) is 22.5. The molecule has 144 valence electrons. The van der Waals surface area contributed by atoms with Gasteiger partial charge in [0.1, 0.15) is 0 Å². The average Bonchev–Trinajstić information content (AvgIpc) is 2.61. The number of rotatable bonds is 16. The molecule has 3 nitrogen and oxygen atoms in total. The number of carbonyl (C=O) groups excluding carboxylic acids is 2. The van der Waals surface area contributed by atoms with E-state index in [0.717, 1.165) is 18.9 Å². The molecule has 0 fully saturated rings. The van der Waals surface area contributed by atoms with E-state index in [2.05, 4.69) is 18.2 Å². The van der Waals surface area contributed by atoms with Gasteiger partial charge in [0.15, 0.2) is 0 Å². The van der Waals surface area contributed by atoms with Crippen LogP contribution in [0.25, 0.3) is 0 Å². The van der Waals surface area contributed by atoms with Gasteiger partial charge >= 0.3 is 11.9 Å². The molecule has 0 atom stereocenters. The Bertz CT molecular complexity index is 396. The summed E-state index contributed by atoms with van der Waals surface area (Å²) < 4.78 is 4.57. The molecule has 0 aromatic rings. The predicted molar refractivity (Wildman–Crippen MR) is 105 cm³/mol. The zero-order valence-corrected chi connectivity index (χ0v) is 16.5. The number of esters is 2. The van der Waals surface area contributed by atoms with Crippen LogP contribution in [0.3, 0.4) is 0 Å². The molecule has 0 saturated carbocycles. The molecule has 0 rings (SSSR count). The Morgan fingerprint density at radius 1 is 0.800 bits per heavy atom. The van der Waals surface area contributed by atoms with Crippen molar-refractivity contribution in [2.75, 3.05) is 0 Å². The van der Waals surface area contributed by atoms with Crippen molar-refractivity contribution in [3.05, 3.63) is 24.3 Å². The number of carbonyl (C=O) groups is 2. The standard InChI is InChI=1S/C22H38O3/c1-4-6-7-8-9-10-11-12-13-14-15-16-17-18-19-20(3)22(24)25-21(23)5-2/h5,19H,2,4,6-18H2,1,3H3. The van der Waals surface area contributed by atoms with E-state index in [9.17, 15) is 9.59 Å². The first kappa shape index (κ1) is 23.6. The molecular weight excluding hydrogens is 312 g/mol. The van der Waals surface area contributed by atoms with Crippen molar-refractivity contribution in [1.82, 2.24) is 0 Å². The van der Waals surface area contributed by atoms with Crippen LogP contribution in [-0.4, -0.2) is 11.9 Å². The van der Waals surface area contributed by atoms with Crippen LogP contribution in [0.2, 0.25) is 0 Å². The third kappa shape index (κ3) is 15.9. The van der Waals surface area contributed by atoms with Gasteiger partial charge in [-0.15, -0.1) is 0 Å². The second-order valence-electron chi connectivity index (χ2n) is 6.83. The molecule has 25 heavy (non-hydrogen) atoms. The van der Waals surface area contributed by atoms with Gasteiger partial charge in [-0.2, -0.15) is 0 Å². The lowest BCUT2D eigenvalue weighted by molar-refractivity contribution is -0.153. The molecule has 0 bridgehead atoms. The van der Waals surface area contributed by atoms with Crippen LogP contribution in [0.15, 0.2) is 24.3 Å². The molecule has 0 saturated heterocycles. The molecule has 0 radical (unpaired) electrons. The van der Waals surface area contributed by atoms with Crippen molar-refractivity contribution in [2.24, 2.45) is 0 Å². The Hall–Kier alpha value is -1.38. The summed E-state index contributed by atoms with van der Waals surface area (Å²) in [7, 11) is 0. The summed E-state index contributed by atoms with van der Waals surface area (Å²) >= 11 is 0. The van der Waals surface area contributed by atoms with E-state index in [1.54, 1.807) is 6.92 Å². The fourth-order valence-corrected chi connectivity index (χ4v) is 2.78. The molecule has 0 amide bonds. The summed E-state index contributed by atoms with van der Waals surface area (Å²) in [6.07, 6.45) is 21.0. The van der Waals surface area contributed by atoms with Crippen LogP contribution >= 0.6 is 0 Å². The SMILES string of the molecule is C=CC(=O)OC(=O)C(C)=CCCCCCCCCCCCCCCC. The van der Waals surface area contributed by atoms with Crippen LogP contribution < -0.4 is 0 Å². The molecule has 0 heterocycles. The van der Waals surface area contributed by atoms with E-state index in [0.29, 0.717) is 5.57 Å². The third-order valence-corrected chi connectivity index (χ3v) is 4.44. The average molecular weight is 351 g/mol. The molecule has 0 aliphatic rings. The van der Waals surface area contributed by atoms with Crippen molar-refractivity contribution in [2.45, 2.75) is 104 Å². The Kier molecular flexibility index (Phi) is 16.5. The molecule has 0 aromatic carbocycles. The van der Waals surface area contributed by atoms with E-state index >= 15 is 0 Å². The smallest absolute Gasteiger partial charge is 0.341 e. The van der Waals surface area contributed by atoms with Gasteiger partial charge in [0, 0.05) is 11.6 Å². The highest BCUT2D eigenvalue weighted by atomic mass is 16.6. The van der Waals surface area contributed by atoms with Gasteiger partial charge in [-0.3, -0.25) is 0 Å². The Morgan fingerprint density at radius 3 is 1.68 bits per heavy atom. The molecule has 0 unspecified atom stereocenters. The Labute approximate surface area is 154 Å². The molecule has 0 N–H and O–H groups in total. The molecule has 0 aliphatic carbocycles. The fourth-order valence-electron chi connectivity index (χ4n) is 2.78. The molecule has 0 aromatic heterocycles. The maximum Gasteiger partial charge on any atom is 0.341 e. The van der Waals surface area contributed by atoms with Crippen LogP contribution in [0.4, 0.5) is 0 Å². The summed E-state index contributed by atoms with van der Waals surface area (Å²) in [6, 6.07) is 0.